The highest BCUT2D eigenvalue weighted by molar-refractivity contribution is 7.99. The molecule has 0 aromatic rings. The van der Waals surface area contributed by atoms with Gasteiger partial charge in [0.1, 0.15) is 0 Å². The van der Waals surface area contributed by atoms with Crippen molar-refractivity contribution >= 4 is 29.3 Å². The number of thioether (sulfide) groups is 1. The van der Waals surface area contributed by atoms with Gasteiger partial charge in [-0.25, -0.2) is 4.79 Å². The molecule has 0 aliphatic rings. The predicted octanol–water partition coefficient (Wildman–Crippen LogP) is 5.40. The number of carbonyl (C=O) groups is 3. The van der Waals surface area contributed by atoms with Crippen molar-refractivity contribution in [1.82, 2.24) is 10.6 Å². The number of aliphatic carboxylic acids is 1. The van der Waals surface area contributed by atoms with Crippen molar-refractivity contribution in [2.24, 2.45) is 0 Å². The van der Waals surface area contributed by atoms with Crippen molar-refractivity contribution in [2.45, 2.75) is 110 Å². The monoisotopic (exact) mass is 530 g/mol. The van der Waals surface area contributed by atoms with Crippen molar-refractivity contribution in [3.05, 3.63) is 0 Å². The summed E-state index contributed by atoms with van der Waals surface area (Å²) in [6.45, 7) is 5.89. The number of unbranched alkanes of at least 4 members (excludes halogenated alkanes) is 13. The van der Waals surface area contributed by atoms with Crippen molar-refractivity contribution in [3.63, 3.8) is 0 Å². The Bertz CT molecular complexity index is 534. The summed E-state index contributed by atoms with van der Waals surface area (Å²) in [7, 11) is 0. The molecular formula is C28H54N2O5S. The zero-order valence-corrected chi connectivity index (χ0v) is 23.8. The highest BCUT2D eigenvalue weighted by Gasteiger charge is 2.20. The molecular weight excluding hydrogens is 476 g/mol. The molecule has 0 heterocycles. The molecule has 3 N–H and O–H groups in total. The van der Waals surface area contributed by atoms with Gasteiger partial charge < -0.3 is 20.5 Å². The number of hydrogen-bond acceptors (Lipinski definition) is 7. The molecule has 0 saturated carbocycles. The second kappa shape index (κ2) is 28.6. The summed E-state index contributed by atoms with van der Waals surface area (Å²) in [4.78, 5) is 32.5. The maximum absolute atomic E-state index is 11.2. The minimum Gasteiger partial charge on any atom is -0.475 e. The van der Waals surface area contributed by atoms with E-state index in [1.807, 2.05) is 11.8 Å². The average Bonchev–Trinajstić information content (AvgIpc) is 2.87. The number of nitrogens with one attached hydrogen (secondary N) is 2. The van der Waals surface area contributed by atoms with E-state index in [0.717, 1.165) is 44.1 Å². The van der Waals surface area contributed by atoms with E-state index in [9.17, 15) is 14.4 Å². The fourth-order valence-electron chi connectivity index (χ4n) is 3.87. The Morgan fingerprint density at radius 2 is 1.14 bits per heavy atom. The fourth-order valence-corrected chi connectivity index (χ4v) is 4.74. The molecule has 0 atom stereocenters. The molecule has 0 saturated heterocycles. The summed E-state index contributed by atoms with van der Waals surface area (Å²) in [5.74, 6) is -1.76. The first kappa shape index (κ1) is 35.0. The van der Waals surface area contributed by atoms with E-state index < -0.39 is 17.5 Å². The van der Waals surface area contributed by atoms with Crippen LogP contribution >= 0.6 is 11.8 Å². The maximum atomic E-state index is 11.2. The molecule has 7 nitrogen and oxygen atoms in total. The van der Waals surface area contributed by atoms with E-state index in [4.69, 9.17) is 9.84 Å². The van der Waals surface area contributed by atoms with Crippen LogP contribution in [0.15, 0.2) is 0 Å². The number of ether oxygens (including phenoxy) is 1. The summed E-state index contributed by atoms with van der Waals surface area (Å²) < 4.78 is 5.76. The van der Waals surface area contributed by atoms with Crippen LogP contribution in [0.2, 0.25) is 0 Å². The number of rotatable bonds is 30. The molecule has 36 heavy (non-hydrogen) atoms. The highest BCUT2D eigenvalue weighted by atomic mass is 32.2. The normalized spacial score (nSPS) is 11.1. The Balaban J connectivity index is 3.11. The Morgan fingerprint density at radius 3 is 1.72 bits per heavy atom. The Kier molecular flexibility index (Phi) is 27.8. The summed E-state index contributed by atoms with van der Waals surface area (Å²) in [5, 5.41) is 14.5. The van der Waals surface area contributed by atoms with Gasteiger partial charge in [-0.15, -0.1) is 0 Å². The van der Waals surface area contributed by atoms with Crippen molar-refractivity contribution in [1.29, 1.82) is 0 Å². The third-order valence-corrected chi connectivity index (χ3v) is 7.23. The number of carbonyl (C=O) groups excluding carboxylic acids is 2. The fraction of sp³-hybridized carbons (Fsp3) is 0.893. The first-order chi connectivity index (χ1) is 17.6. The standard InChI is InChI=1S/C28H54N2O5S/c1-2-3-4-5-6-7-8-9-10-11-12-13-14-15-21-35-22-17-24-36-23-16-18-29-19-20-30-25-26(31)27(32)28(33)34/h29-30H,2-25H2,1H3,(H,33,34). The number of hydrogen-bond donors (Lipinski definition) is 3. The van der Waals surface area contributed by atoms with E-state index in [1.165, 1.54) is 89.9 Å². The largest absolute Gasteiger partial charge is 0.475 e. The summed E-state index contributed by atoms with van der Waals surface area (Å²) in [6.07, 6.45) is 21.5. The first-order valence-corrected chi connectivity index (χ1v) is 15.6. The number of carboxylic acid groups (broad SMARTS) is 1. The molecule has 0 fully saturated rings. The zero-order chi connectivity index (χ0) is 26.5. The number of carboxylic acids is 1. The minimum atomic E-state index is -1.70. The number of ketones is 2. The molecule has 0 aliphatic carbocycles. The van der Waals surface area contributed by atoms with Crippen LogP contribution in [0.3, 0.4) is 0 Å². The molecule has 0 aliphatic heterocycles. The summed E-state index contributed by atoms with van der Waals surface area (Å²) >= 11 is 1.95. The smallest absolute Gasteiger partial charge is 0.380 e. The zero-order valence-electron chi connectivity index (χ0n) is 23.0. The Labute approximate surface area is 224 Å². The maximum Gasteiger partial charge on any atom is 0.380 e. The van der Waals surface area contributed by atoms with Gasteiger partial charge in [0.25, 0.3) is 0 Å². The number of Topliss-reactive ketones (excluding diaryl/α,β-unsaturated/α-hetero) is 2. The van der Waals surface area contributed by atoms with Gasteiger partial charge >= 0.3 is 11.8 Å². The molecule has 0 rings (SSSR count). The quantitative estimate of drug-likeness (QED) is 0.0644. The first-order valence-electron chi connectivity index (χ1n) is 14.5. The third kappa shape index (κ3) is 26.1. The van der Waals surface area contributed by atoms with Gasteiger partial charge in [-0.1, -0.05) is 90.4 Å². The summed E-state index contributed by atoms with van der Waals surface area (Å²) in [5.41, 5.74) is 0. The van der Waals surface area contributed by atoms with E-state index in [-0.39, 0.29) is 6.54 Å². The molecule has 0 bridgehead atoms. The minimum absolute atomic E-state index is 0.232. The lowest BCUT2D eigenvalue weighted by Crippen LogP contribution is -2.36. The molecule has 8 heteroatoms. The highest BCUT2D eigenvalue weighted by Crippen LogP contribution is 2.13. The molecule has 0 aromatic heterocycles. The van der Waals surface area contributed by atoms with Crippen molar-refractivity contribution < 1.29 is 24.2 Å². The van der Waals surface area contributed by atoms with Gasteiger partial charge in [0.15, 0.2) is 0 Å². The third-order valence-electron chi connectivity index (χ3n) is 6.07. The second-order valence-corrected chi connectivity index (χ2v) is 10.7. The van der Waals surface area contributed by atoms with E-state index in [1.54, 1.807) is 0 Å². The van der Waals surface area contributed by atoms with Gasteiger partial charge in [-0.3, -0.25) is 9.59 Å². The van der Waals surface area contributed by atoms with E-state index in [0.29, 0.717) is 13.1 Å². The van der Waals surface area contributed by atoms with Crippen molar-refractivity contribution in [2.75, 3.05) is 50.9 Å². The van der Waals surface area contributed by atoms with E-state index in [2.05, 4.69) is 17.6 Å². The molecule has 0 amide bonds. The van der Waals surface area contributed by atoms with Crippen molar-refractivity contribution in [3.8, 4) is 0 Å². The van der Waals surface area contributed by atoms with Crippen LogP contribution in [0.5, 0.6) is 0 Å². The van der Waals surface area contributed by atoms with Crippen LogP contribution in [-0.2, 0) is 19.1 Å². The molecule has 0 radical (unpaired) electrons. The van der Waals surface area contributed by atoms with Crippen LogP contribution in [0.25, 0.3) is 0 Å². The topological polar surface area (TPSA) is 105 Å². The van der Waals surface area contributed by atoms with Gasteiger partial charge in [0.2, 0.25) is 5.78 Å². The second-order valence-electron chi connectivity index (χ2n) is 9.51. The lowest BCUT2D eigenvalue weighted by atomic mass is 10.0. The Hall–Kier alpha value is -0.960. The lowest BCUT2D eigenvalue weighted by Gasteiger charge is -2.06. The van der Waals surface area contributed by atoms with Crippen LogP contribution in [0.4, 0.5) is 0 Å². The summed E-state index contributed by atoms with van der Waals surface area (Å²) in [6, 6.07) is 0. The molecule has 212 valence electrons. The van der Waals surface area contributed by atoms with Crippen LogP contribution in [0, 0.1) is 0 Å². The molecule has 0 spiro atoms. The van der Waals surface area contributed by atoms with E-state index >= 15 is 0 Å². The van der Waals surface area contributed by atoms with Gasteiger partial charge in [0, 0.05) is 26.3 Å². The predicted molar refractivity (Wildman–Crippen MR) is 151 cm³/mol. The molecule has 0 aromatic carbocycles. The lowest BCUT2D eigenvalue weighted by molar-refractivity contribution is -0.152. The SMILES string of the molecule is CCCCCCCCCCCCCCCCOCCCSCCCNCCNCC(=O)C(=O)C(=O)O. The Morgan fingerprint density at radius 1 is 0.639 bits per heavy atom. The van der Waals surface area contributed by atoms with Gasteiger partial charge in [0.05, 0.1) is 6.54 Å². The van der Waals surface area contributed by atoms with Crippen LogP contribution in [-0.4, -0.2) is 73.5 Å². The van der Waals surface area contributed by atoms with Crippen LogP contribution < -0.4 is 10.6 Å². The average molecular weight is 531 g/mol. The molecule has 0 unspecified atom stereocenters. The van der Waals surface area contributed by atoms with Gasteiger partial charge in [-0.2, -0.15) is 11.8 Å². The van der Waals surface area contributed by atoms with Gasteiger partial charge in [-0.05, 0) is 37.3 Å². The van der Waals surface area contributed by atoms with Crippen LogP contribution in [0.1, 0.15) is 110 Å².